The van der Waals surface area contributed by atoms with Crippen molar-refractivity contribution in [3.05, 3.63) is 24.0 Å². The zero-order valence-corrected chi connectivity index (χ0v) is 8.31. The predicted octanol–water partition coefficient (Wildman–Crippen LogP) is 0.964. The molecule has 0 unspecified atom stereocenters. The molecular weight excluding hydrogens is 196 g/mol. The van der Waals surface area contributed by atoms with Gasteiger partial charge < -0.3 is 15.5 Å². The largest absolute Gasteiger partial charge is 0.477 e. The Balaban J connectivity index is 2.39. The molecule has 0 fully saturated rings. The van der Waals surface area contributed by atoms with Crippen LogP contribution in [-0.4, -0.2) is 34.3 Å². The van der Waals surface area contributed by atoms with Crippen LogP contribution in [0.25, 0.3) is 0 Å². The summed E-state index contributed by atoms with van der Waals surface area (Å²) in [7, 11) is 0. The van der Waals surface area contributed by atoms with Gasteiger partial charge in [-0.05, 0) is 25.0 Å². The van der Waals surface area contributed by atoms with E-state index in [4.69, 9.17) is 10.2 Å². The Morgan fingerprint density at radius 3 is 2.73 bits per heavy atom. The minimum atomic E-state index is -1.03. The Bertz CT molecular complexity index is 311. The van der Waals surface area contributed by atoms with Crippen molar-refractivity contribution in [3.63, 3.8) is 0 Å². The lowest BCUT2D eigenvalue weighted by Gasteiger charge is -2.04. The van der Waals surface area contributed by atoms with Crippen LogP contribution in [0.1, 0.15) is 23.3 Å². The number of hydrogen-bond donors (Lipinski definition) is 3. The molecule has 1 rings (SSSR count). The van der Waals surface area contributed by atoms with E-state index in [1.165, 1.54) is 12.3 Å². The van der Waals surface area contributed by atoms with Crippen LogP contribution in [-0.2, 0) is 0 Å². The zero-order valence-electron chi connectivity index (χ0n) is 8.31. The molecule has 5 heteroatoms. The average molecular weight is 210 g/mol. The number of carboxylic acids is 1. The van der Waals surface area contributed by atoms with Crippen LogP contribution in [0.15, 0.2) is 18.3 Å². The molecule has 82 valence electrons. The smallest absolute Gasteiger partial charge is 0.354 e. The van der Waals surface area contributed by atoms with E-state index < -0.39 is 5.97 Å². The fourth-order valence-corrected chi connectivity index (χ4v) is 1.09. The third kappa shape index (κ3) is 3.95. The number of nitrogens with one attached hydrogen (secondary N) is 1. The molecule has 0 aromatic carbocycles. The van der Waals surface area contributed by atoms with Crippen molar-refractivity contribution in [2.75, 3.05) is 18.5 Å². The number of aliphatic hydroxyl groups excluding tert-OH is 1. The van der Waals surface area contributed by atoms with E-state index in [9.17, 15) is 4.79 Å². The summed E-state index contributed by atoms with van der Waals surface area (Å²) in [6, 6.07) is 3.13. The summed E-state index contributed by atoms with van der Waals surface area (Å²) >= 11 is 0. The number of aromatic carboxylic acids is 1. The van der Waals surface area contributed by atoms with Gasteiger partial charge in [0.1, 0.15) is 5.69 Å². The Labute approximate surface area is 87.8 Å². The van der Waals surface area contributed by atoms with Crippen LogP contribution in [0, 0.1) is 0 Å². The molecule has 0 spiro atoms. The number of hydrogen-bond acceptors (Lipinski definition) is 4. The maximum atomic E-state index is 10.5. The molecule has 0 radical (unpaired) electrons. The zero-order chi connectivity index (χ0) is 11.1. The van der Waals surface area contributed by atoms with E-state index >= 15 is 0 Å². The predicted molar refractivity (Wildman–Crippen MR) is 56.0 cm³/mol. The van der Waals surface area contributed by atoms with Gasteiger partial charge in [-0.25, -0.2) is 9.78 Å². The highest BCUT2D eigenvalue weighted by Gasteiger charge is 2.02. The van der Waals surface area contributed by atoms with E-state index in [2.05, 4.69) is 10.3 Å². The summed E-state index contributed by atoms with van der Waals surface area (Å²) in [6.07, 6.45) is 3.12. The normalized spacial score (nSPS) is 9.93. The summed E-state index contributed by atoms with van der Waals surface area (Å²) in [5, 5.41) is 20.2. The van der Waals surface area contributed by atoms with Gasteiger partial charge in [-0.2, -0.15) is 0 Å². The molecular formula is C10H14N2O3. The van der Waals surface area contributed by atoms with Crippen molar-refractivity contribution < 1.29 is 15.0 Å². The van der Waals surface area contributed by atoms with Crippen molar-refractivity contribution in [1.82, 2.24) is 4.98 Å². The SMILES string of the molecule is O=C(O)c1ccc(NCCCCO)cn1. The standard InChI is InChI=1S/C10H14N2O3/c13-6-2-1-5-11-8-3-4-9(10(14)15)12-7-8/h3-4,7,11,13H,1-2,5-6H2,(H,14,15). The van der Waals surface area contributed by atoms with Crippen LogP contribution >= 0.6 is 0 Å². The molecule has 1 aromatic heterocycles. The molecule has 0 aliphatic heterocycles. The Morgan fingerprint density at radius 1 is 1.40 bits per heavy atom. The van der Waals surface area contributed by atoms with E-state index in [-0.39, 0.29) is 12.3 Å². The highest BCUT2D eigenvalue weighted by molar-refractivity contribution is 5.85. The lowest BCUT2D eigenvalue weighted by Crippen LogP contribution is -2.04. The van der Waals surface area contributed by atoms with E-state index in [0.717, 1.165) is 25.1 Å². The van der Waals surface area contributed by atoms with Crippen LogP contribution in [0.4, 0.5) is 5.69 Å². The first-order valence-corrected chi connectivity index (χ1v) is 4.78. The van der Waals surface area contributed by atoms with E-state index in [1.807, 2.05) is 0 Å². The van der Waals surface area contributed by atoms with Gasteiger partial charge >= 0.3 is 5.97 Å². The summed E-state index contributed by atoms with van der Waals surface area (Å²) in [6.45, 7) is 0.937. The number of pyridine rings is 1. The van der Waals surface area contributed by atoms with Gasteiger partial charge in [0, 0.05) is 13.2 Å². The van der Waals surface area contributed by atoms with Gasteiger partial charge in [-0.15, -0.1) is 0 Å². The monoisotopic (exact) mass is 210 g/mol. The van der Waals surface area contributed by atoms with Crippen molar-refractivity contribution in [1.29, 1.82) is 0 Å². The minimum absolute atomic E-state index is 0.0379. The van der Waals surface area contributed by atoms with Gasteiger partial charge in [0.25, 0.3) is 0 Å². The summed E-state index contributed by atoms with van der Waals surface area (Å²) in [5.41, 5.74) is 0.828. The number of anilines is 1. The first-order chi connectivity index (χ1) is 7.24. The van der Waals surface area contributed by atoms with Crippen molar-refractivity contribution in [2.24, 2.45) is 0 Å². The summed E-state index contributed by atoms with van der Waals surface area (Å²) in [4.78, 5) is 14.3. The van der Waals surface area contributed by atoms with Gasteiger partial charge in [0.2, 0.25) is 0 Å². The number of nitrogens with zero attached hydrogens (tertiary/aromatic N) is 1. The molecule has 0 bridgehead atoms. The molecule has 5 nitrogen and oxygen atoms in total. The fourth-order valence-electron chi connectivity index (χ4n) is 1.09. The highest BCUT2D eigenvalue weighted by atomic mass is 16.4. The number of aliphatic hydroxyl groups is 1. The second kappa shape index (κ2) is 5.98. The second-order valence-electron chi connectivity index (χ2n) is 3.09. The molecule has 0 saturated heterocycles. The first-order valence-electron chi connectivity index (χ1n) is 4.78. The second-order valence-corrected chi connectivity index (χ2v) is 3.09. The molecule has 1 heterocycles. The fraction of sp³-hybridized carbons (Fsp3) is 0.400. The highest BCUT2D eigenvalue weighted by Crippen LogP contribution is 2.06. The molecule has 0 saturated carbocycles. The minimum Gasteiger partial charge on any atom is -0.477 e. The molecule has 1 aromatic rings. The molecule has 15 heavy (non-hydrogen) atoms. The number of aromatic nitrogens is 1. The third-order valence-corrected chi connectivity index (χ3v) is 1.90. The van der Waals surface area contributed by atoms with Crippen molar-refractivity contribution in [2.45, 2.75) is 12.8 Å². The number of carboxylic acid groups (broad SMARTS) is 1. The topological polar surface area (TPSA) is 82.5 Å². The van der Waals surface area contributed by atoms with Crippen LogP contribution < -0.4 is 5.32 Å². The Kier molecular flexibility index (Phi) is 4.56. The maximum Gasteiger partial charge on any atom is 0.354 e. The summed E-state index contributed by atoms with van der Waals surface area (Å²) < 4.78 is 0. The van der Waals surface area contributed by atoms with Crippen LogP contribution in [0.2, 0.25) is 0 Å². The lowest BCUT2D eigenvalue weighted by atomic mass is 10.3. The summed E-state index contributed by atoms with van der Waals surface area (Å²) in [5.74, 6) is -1.03. The molecule has 0 atom stereocenters. The number of carbonyl (C=O) groups is 1. The maximum absolute atomic E-state index is 10.5. The van der Waals surface area contributed by atoms with Gasteiger partial charge in [0.05, 0.1) is 11.9 Å². The van der Waals surface area contributed by atoms with Gasteiger partial charge in [0.15, 0.2) is 0 Å². The van der Waals surface area contributed by atoms with Crippen LogP contribution in [0.5, 0.6) is 0 Å². The quantitative estimate of drug-likeness (QED) is 0.609. The van der Waals surface area contributed by atoms with Crippen molar-refractivity contribution in [3.8, 4) is 0 Å². The number of unbranched alkanes of at least 4 members (excludes halogenated alkanes) is 1. The first kappa shape index (κ1) is 11.5. The Morgan fingerprint density at radius 2 is 2.20 bits per heavy atom. The average Bonchev–Trinajstić information content (AvgIpc) is 2.25. The molecule has 0 amide bonds. The van der Waals surface area contributed by atoms with Crippen LogP contribution in [0.3, 0.4) is 0 Å². The van der Waals surface area contributed by atoms with E-state index in [1.54, 1.807) is 6.07 Å². The van der Waals surface area contributed by atoms with E-state index in [0.29, 0.717) is 0 Å². The lowest BCUT2D eigenvalue weighted by molar-refractivity contribution is 0.0690. The van der Waals surface area contributed by atoms with Gasteiger partial charge in [-0.1, -0.05) is 0 Å². The molecule has 0 aliphatic rings. The Hall–Kier alpha value is -1.62. The number of rotatable bonds is 6. The molecule has 0 aliphatic carbocycles. The third-order valence-electron chi connectivity index (χ3n) is 1.90. The molecule has 3 N–H and O–H groups in total. The van der Waals surface area contributed by atoms with Crippen molar-refractivity contribution >= 4 is 11.7 Å². The van der Waals surface area contributed by atoms with Gasteiger partial charge in [-0.3, -0.25) is 0 Å².